The number of nitrogens with zero attached hydrogens (tertiary/aromatic N) is 5. The van der Waals surface area contributed by atoms with Crippen molar-refractivity contribution in [2.45, 2.75) is 52.5 Å². The van der Waals surface area contributed by atoms with Gasteiger partial charge in [0.2, 0.25) is 0 Å². The van der Waals surface area contributed by atoms with Gasteiger partial charge in [0.1, 0.15) is 5.82 Å². The first-order valence-corrected chi connectivity index (χ1v) is 10.9. The zero-order valence-electron chi connectivity index (χ0n) is 18.5. The van der Waals surface area contributed by atoms with Crippen molar-refractivity contribution >= 4 is 17.4 Å². The molecule has 1 aromatic carbocycles. The molecule has 32 heavy (non-hydrogen) atoms. The van der Waals surface area contributed by atoms with Crippen LogP contribution < -0.4 is 21.9 Å². The van der Waals surface area contributed by atoms with Crippen molar-refractivity contribution in [2.75, 3.05) is 17.2 Å². The van der Waals surface area contributed by atoms with E-state index in [0.717, 1.165) is 19.3 Å². The minimum Gasteiger partial charge on any atom is -0.383 e. The Balaban J connectivity index is 2.02. The molecule has 0 fully saturated rings. The van der Waals surface area contributed by atoms with E-state index in [9.17, 15) is 14.4 Å². The standard InChI is InChI=1S/C22H29N7O3/c1-3-5-10-14-27(18-19(23)28(13-6-4-2)22(32)25-20(18)30)21(31)17-15-24-29(26-17)16-11-8-7-9-12-16/h7-9,11-12,15H,3-6,10,13-14,23H2,1-2H3,(H,25,30,32). The van der Waals surface area contributed by atoms with Crippen molar-refractivity contribution in [2.24, 2.45) is 0 Å². The first kappa shape index (κ1) is 23.0. The third kappa shape index (κ3) is 4.96. The molecular weight excluding hydrogens is 410 g/mol. The monoisotopic (exact) mass is 439 g/mol. The number of aromatic nitrogens is 5. The zero-order valence-corrected chi connectivity index (χ0v) is 18.5. The molecule has 0 unspecified atom stereocenters. The van der Waals surface area contributed by atoms with Crippen LogP contribution in [0.1, 0.15) is 56.4 Å². The van der Waals surface area contributed by atoms with Crippen LogP contribution in [-0.2, 0) is 6.54 Å². The molecule has 0 bridgehead atoms. The lowest BCUT2D eigenvalue weighted by Crippen LogP contribution is -2.41. The maximum absolute atomic E-state index is 13.4. The number of anilines is 2. The molecule has 0 saturated heterocycles. The van der Waals surface area contributed by atoms with Gasteiger partial charge in [-0.2, -0.15) is 9.90 Å². The third-order valence-corrected chi connectivity index (χ3v) is 5.15. The molecule has 2 heterocycles. The van der Waals surface area contributed by atoms with Crippen molar-refractivity contribution in [1.29, 1.82) is 0 Å². The number of amides is 1. The lowest BCUT2D eigenvalue weighted by atomic mass is 10.2. The van der Waals surface area contributed by atoms with Gasteiger partial charge in [-0.1, -0.05) is 51.3 Å². The highest BCUT2D eigenvalue weighted by molar-refractivity contribution is 6.05. The molecule has 0 saturated carbocycles. The number of nitrogen functional groups attached to an aromatic ring is 1. The average molecular weight is 440 g/mol. The Kier molecular flexibility index (Phi) is 7.58. The Morgan fingerprint density at radius 2 is 1.81 bits per heavy atom. The van der Waals surface area contributed by atoms with Crippen molar-refractivity contribution < 1.29 is 4.79 Å². The number of carbonyl (C=O) groups is 1. The molecule has 10 heteroatoms. The molecule has 0 aliphatic rings. The van der Waals surface area contributed by atoms with Crippen molar-refractivity contribution in [3.63, 3.8) is 0 Å². The Hall–Kier alpha value is -3.69. The molecule has 2 aromatic heterocycles. The largest absolute Gasteiger partial charge is 0.383 e. The van der Waals surface area contributed by atoms with Gasteiger partial charge in [-0.15, -0.1) is 5.10 Å². The van der Waals surface area contributed by atoms with E-state index in [1.54, 1.807) is 0 Å². The summed E-state index contributed by atoms with van der Waals surface area (Å²) in [6.45, 7) is 4.66. The number of carbonyl (C=O) groups excluding carboxylic acids is 1. The van der Waals surface area contributed by atoms with Crippen LogP contribution in [-0.4, -0.2) is 37.0 Å². The topological polar surface area (TPSA) is 132 Å². The van der Waals surface area contributed by atoms with Crippen LogP contribution in [0.15, 0.2) is 46.1 Å². The molecule has 1 amide bonds. The Labute approximate surface area is 185 Å². The van der Waals surface area contributed by atoms with Crippen molar-refractivity contribution in [3.8, 4) is 5.69 Å². The molecule has 0 aliphatic heterocycles. The van der Waals surface area contributed by atoms with Gasteiger partial charge < -0.3 is 5.73 Å². The molecule has 0 spiro atoms. The summed E-state index contributed by atoms with van der Waals surface area (Å²) in [4.78, 5) is 43.4. The first-order chi connectivity index (χ1) is 15.5. The molecular formula is C22H29N7O3. The van der Waals surface area contributed by atoms with Gasteiger partial charge in [-0.05, 0) is 25.0 Å². The lowest BCUT2D eigenvalue weighted by molar-refractivity contribution is 0.0981. The van der Waals surface area contributed by atoms with E-state index in [2.05, 4.69) is 15.2 Å². The predicted octanol–water partition coefficient (Wildman–Crippen LogP) is 2.34. The number of hydrogen-bond acceptors (Lipinski definition) is 6. The maximum Gasteiger partial charge on any atom is 0.330 e. The quantitative estimate of drug-likeness (QED) is 0.466. The third-order valence-electron chi connectivity index (χ3n) is 5.15. The molecule has 0 radical (unpaired) electrons. The van der Waals surface area contributed by atoms with Crippen molar-refractivity contribution in [1.82, 2.24) is 24.5 Å². The van der Waals surface area contributed by atoms with Crippen LogP contribution in [0.25, 0.3) is 5.69 Å². The summed E-state index contributed by atoms with van der Waals surface area (Å²) in [7, 11) is 0. The minimum atomic E-state index is -0.694. The summed E-state index contributed by atoms with van der Waals surface area (Å²) in [5.41, 5.74) is 5.73. The molecule has 0 aliphatic carbocycles. The number of unbranched alkanes of at least 4 members (excludes halogenated alkanes) is 3. The molecule has 10 nitrogen and oxygen atoms in total. The fourth-order valence-electron chi connectivity index (χ4n) is 3.40. The Morgan fingerprint density at radius 1 is 1.09 bits per heavy atom. The fourth-order valence-corrected chi connectivity index (χ4v) is 3.40. The van der Waals surface area contributed by atoms with E-state index in [0.29, 0.717) is 25.1 Å². The number of aromatic amines is 1. The number of rotatable bonds is 10. The van der Waals surface area contributed by atoms with E-state index in [-0.39, 0.29) is 23.7 Å². The highest BCUT2D eigenvalue weighted by atomic mass is 16.2. The molecule has 3 aromatic rings. The SMILES string of the molecule is CCCCCN(C(=O)c1cnn(-c2ccccc2)n1)c1c(N)n(CCCC)c(=O)[nH]c1=O. The normalized spacial score (nSPS) is 10.9. The van der Waals surface area contributed by atoms with E-state index < -0.39 is 17.2 Å². The molecule has 0 atom stereocenters. The highest BCUT2D eigenvalue weighted by Crippen LogP contribution is 2.20. The molecule has 3 rings (SSSR count). The summed E-state index contributed by atoms with van der Waals surface area (Å²) < 4.78 is 1.31. The van der Waals surface area contributed by atoms with Crippen molar-refractivity contribution in [3.05, 3.63) is 63.1 Å². The van der Waals surface area contributed by atoms with E-state index in [1.165, 1.54) is 20.5 Å². The predicted molar refractivity (Wildman–Crippen MR) is 123 cm³/mol. The van der Waals surface area contributed by atoms with E-state index >= 15 is 0 Å². The minimum absolute atomic E-state index is 0.0208. The zero-order chi connectivity index (χ0) is 23.1. The van der Waals surface area contributed by atoms with Crippen LogP contribution >= 0.6 is 0 Å². The number of benzene rings is 1. The van der Waals surface area contributed by atoms with Gasteiger partial charge >= 0.3 is 5.69 Å². The number of H-pyrrole nitrogens is 1. The van der Waals surface area contributed by atoms with Crippen LogP contribution in [0.4, 0.5) is 11.5 Å². The highest BCUT2D eigenvalue weighted by Gasteiger charge is 2.27. The Morgan fingerprint density at radius 3 is 2.50 bits per heavy atom. The second-order valence-electron chi connectivity index (χ2n) is 7.52. The second kappa shape index (κ2) is 10.6. The van der Waals surface area contributed by atoms with E-state index in [1.807, 2.05) is 44.2 Å². The Bertz CT molecular complexity index is 1160. The number of para-hydroxylation sites is 1. The van der Waals surface area contributed by atoms with Gasteiger partial charge in [0.15, 0.2) is 11.4 Å². The van der Waals surface area contributed by atoms with Gasteiger partial charge in [-0.3, -0.25) is 24.0 Å². The average Bonchev–Trinajstić information content (AvgIpc) is 3.28. The summed E-state index contributed by atoms with van der Waals surface area (Å²) >= 11 is 0. The summed E-state index contributed by atoms with van der Waals surface area (Å²) in [6, 6.07) is 9.20. The van der Waals surface area contributed by atoms with Crippen LogP contribution in [0, 0.1) is 0 Å². The van der Waals surface area contributed by atoms with Gasteiger partial charge in [0.25, 0.3) is 11.5 Å². The van der Waals surface area contributed by atoms with Gasteiger partial charge in [-0.25, -0.2) is 4.79 Å². The van der Waals surface area contributed by atoms with Crippen LogP contribution in [0.5, 0.6) is 0 Å². The van der Waals surface area contributed by atoms with Crippen LogP contribution in [0.3, 0.4) is 0 Å². The second-order valence-corrected chi connectivity index (χ2v) is 7.52. The number of hydrogen-bond donors (Lipinski definition) is 2. The smallest absolute Gasteiger partial charge is 0.330 e. The molecule has 170 valence electrons. The van der Waals surface area contributed by atoms with Gasteiger partial charge in [0, 0.05) is 13.1 Å². The first-order valence-electron chi connectivity index (χ1n) is 10.9. The summed E-state index contributed by atoms with van der Waals surface area (Å²) in [6.07, 6.45) is 5.40. The maximum atomic E-state index is 13.4. The van der Waals surface area contributed by atoms with E-state index in [4.69, 9.17) is 5.73 Å². The summed E-state index contributed by atoms with van der Waals surface area (Å²) in [5.74, 6) is -0.520. The van der Waals surface area contributed by atoms with Crippen LogP contribution in [0.2, 0.25) is 0 Å². The number of nitrogens with one attached hydrogen (secondary N) is 1. The summed E-state index contributed by atoms with van der Waals surface area (Å²) in [5, 5.41) is 8.48. The number of nitrogens with two attached hydrogens (primary N) is 1. The fraction of sp³-hybridized carbons (Fsp3) is 0.409. The lowest BCUT2D eigenvalue weighted by Gasteiger charge is -2.23. The van der Waals surface area contributed by atoms with Gasteiger partial charge in [0.05, 0.1) is 11.9 Å². The molecule has 3 N–H and O–H groups in total.